The Morgan fingerprint density at radius 3 is 2.86 bits per heavy atom. The van der Waals surface area contributed by atoms with Crippen LogP contribution in [0.25, 0.3) is 11.0 Å². The molecule has 1 saturated heterocycles. The highest BCUT2D eigenvalue weighted by Crippen LogP contribution is 2.32. The van der Waals surface area contributed by atoms with Gasteiger partial charge < -0.3 is 4.57 Å². The van der Waals surface area contributed by atoms with Crippen molar-refractivity contribution >= 4 is 46.0 Å². The molecule has 2 amide bonds. The molecular weight excluding hydrogens is 313 g/mol. The van der Waals surface area contributed by atoms with Crippen molar-refractivity contribution in [2.24, 2.45) is 0 Å². The molecule has 1 aromatic heterocycles. The quantitative estimate of drug-likeness (QED) is 0.682. The van der Waals surface area contributed by atoms with Crippen molar-refractivity contribution in [2.75, 3.05) is 0 Å². The van der Waals surface area contributed by atoms with E-state index in [9.17, 15) is 9.59 Å². The van der Waals surface area contributed by atoms with Crippen LogP contribution in [0.3, 0.4) is 0 Å². The number of nitrogens with one attached hydrogen (secondary N) is 1. The predicted octanol–water partition coefficient (Wildman–Crippen LogP) is 2.97. The topological polar surface area (TPSA) is 64.0 Å². The van der Waals surface area contributed by atoms with Crippen LogP contribution in [0.4, 0.5) is 0 Å². The van der Waals surface area contributed by atoms with E-state index in [-0.39, 0.29) is 17.2 Å². The Morgan fingerprint density at radius 2 is 2.19 bits per heavy atom. The summed E-state index contributed by atoms with van der Waals surface area (Å²) in [7, 11) is 0. The van der Waals surface area contributed by atoms with E-state index >= 15 is 0 Å². The summed E-state index contributed by atoms with van der Waals surface area (Å²) in [6.45, 7) is 1.80. The van der Waals surface area contributed by atoms with Crippen molar-refractivity contribution in [1.29, 1.82) is 0 Å². The Kier molecular flexibility index (Phi) is 3.63. The van der Waals surface area contributed by atoms with Gasteiger partial charge in [-0.1, -0.05) is 11.6 Å². The van der Waals surface area contributed by atoms with Crippen molar-refractivity contribution in [3.05, 3.63) is 29.0 Å². The minimum absolute atomic E-state index is 0.246. The van der Waals surface area contributed by atoms with Crippen molar-refractivity contribution in [3.63, 3.8) is 0 Å². The van der Waals surface area contributed by atoms with Crippen molar-refractivity contribution < 1.29 is 9.59 Å². The molecular formula is C14H13Cl2N3O2. The highest BCUT2D eigenvalue weighted by atomic mass is 35.5. The number of nitrogens with zero attached hydrogens (tertiary/aromatic N) is 2. The third-order valence-electron chi connectivity index (χ3n) is 3.56. The number of carbonyl (C=O) groups excluding carboxylic acids is 2. The van der Waals surface area contributed by atoms with E-state index < -0.39 is 6.04 Å². The van der Waals surface area contributed by atoms with Gasteiger partial charge in [-0.2, -0.15) is 0 Å². The smallest absolute Gasteiger partial charge is 0.249 e. The fraction of sp³-hybridized carbons (Fsp3) is 0.357. The van der Waals surface area contributed by atoms with Crippen molar-refractivity contribution in [3.8, 4) is 0 Å². The van der Waals surface area contributed by atoms with Gasteiger partial charge in [0.2, 0.25) is 11.8 Å². The van der Waals surface area contributed by atoms with Gasteiger partial charge in [0.05, 0.1) is 16.4 Å². The zero-order valence-electron chi connectivity index (χ0n) is 11.3. The Balaban J connectivity index is 2.17. The summed E-state index contributed by atoms with van der Waals surface area (Å²) in [5.41, 5.74) is 1.48. The largest absolute Gasteiger partial charge is 0.314 e. The molecule has 0 saturated carbocycles. The summed E-state index contributed by atoms with van der Waals surface area (Å²) in [6.07, 6.45) is 0.745. The Labute approximate surface area is 131 Å². The van der Waals surface area contributed by atoms with Gasteiger partial charge in [-0.15, -0.1) is 11.6 Å². The molecule has 5 nitrogen and oxygen atoms in total. The lowest BCUT2D eigenvalue weighted by Crippen LogP contribution is -2.42. The lowest BCUT2D eigenvalue weighted by atomic mass is 10.1. The number of fused-ring (bicyclic) bond motifs is 1. The second-order valence-electron chi connectivity index (χ2n) is 5.06. The normalized spacial score (nSPS) is 20.6. The molecule has 0 spiro atoms. The highest BCUT2D eigenvalue weighted by molar-refractivity contribution is 6.31. The first kappa shape index (κ1) is 14.4. The standard InChI is InChI=1S/C14H13Cl2N3O2/c1-7(15)13-17-9-6-8(16)2-3-10(9)19(13)11-4-5-12(20)18-14(11)21/h2-3,6-7,11H,4-5H2,1H3,(H,18,20,21). The van der Waals surface area contributed by atoms with Gasteiger partial charge in [-0.05, 0) is 31.5 Å². The molecule has 2 heterocycles. The van der Waals surface area contributed by atoms with Crippen LogP contribution in [-0.4, -0.2) is 21.4 Å². The monoisotopic (exact) mass is 325 g/mol. The van der Waals surface area contributed by atoms with Gasteiger partial charge in [0, 0.05) is 11.4 Å². The maximum atomic E-state index is 12.1. The Morgan fingerprint density at radius 1 is 1.43 bits per heavy atom. The van der Waals surface area contributed by atoms with Gasteiger partial charge in [0.25, 0.3) is 0 Å². The molecule has 7 heteroatoms. The molecule has 2 atom stereocenters. The summed E-state index contributed by atoms with van der Waals surface area (Å²) in [4.78, 5) is 27.9. The third-order valence-corrected chi connectivity index (χ3v) is 3.99. The average molecular weight is 326 g/mol. The zero-order chi connectivity index (χ0) is 15.1. The van der Waals surface area contributed by atoms with E-state index in [4.69, 9.17) is 23.2 Å². The van der Waals surface area contributed by atoms with Gasteiger partial charge in [0.15, 0.2) is 0 Å². The molecule has 1 aliphatic rings. The first-order chi connectivity index (χ1) is 9.97. The molecule has 1 N–H and O–H groups in total. The van der Waals surface area contributed by atoms with Crippen molar-refractivity contribution in [1.82, 2.24) is 14.9 Å². The summed E-state index contributed by atoms with van der Waals surface area (Å²) in [6, 6.07) is 4.82. The first-order valence-corrected chi connectivity index (χ1v) is 7.44. The summed E-state index contributed by atoms with van der Waals surface area (Å²) in [5, 5.41) is 2.58. The molecule has 3 rings (SSSR count). The molecule has 0 bridgehead atoms. The fourth-order valence-corrected chi connectivity index (χ4v) is 2.95. The van der Waals surface area contributed by atoms with Crippen LogP contribution in [-0.2, 0) is 9.59 Å². The maximum absolute atomic E-state index is 12.1. The molecule has 0 radical (unpaired) electrons. The summed E-state index contributed by atoms with van der Waals surface area (Å²) >= 11 is 12.2. The number of benzene rings is 1. The van der Waals surface area contributed by atoms with E-state index in [0.717, 1.165) is 5.52 Å². The number of piperidine rings is 1. The van der Waals surface area contributed by atoms with E-state index in [1.54, 1.807) is 19.1 Å². The fourth-order valence-electron chi connectivity index (χ4n) is 2.63. The summed E-state index contributed by atoms with van der Waals surface area (Å²) < 4.78 is 1.81. The van der Waals surface area contributed by atoms with Crippen LogP contribution in [0.5, 0.6) is 0 Å². The predicted molar refractivity (Wildman–Crippen MR) is 80.4 cm³/mol. The Bertz CT molecular complexity index is 739. The number of alkyl halides is 1. The highest BCUT2D eigenvalue weighted by Gasteiger charge is 2.31. The number of hydrogen-bond donors (Lipinski definition) is 1. The van der Waals surface area contributed by atoms with Gasteiger partial charge in [-0.25, -0.2) is 4.98 Å². The zero-order valence-corrected chi connectivity index (χ0v) is 12.8. The first-order valence-electron chi connectivity index (χ1n) is 6.62. The van der Waals surface area contributed by atoms with Gasteiger partial charge in [0.1, 0.15) is 11.9 Å². The minimum atomic E-state index is -0.481. The molecule has 21 heavy (non-hydrogen) atoms. The lowest BCUT2D eigenvalue weighted by Gasteiger charge is -2.24. The van der Waals surface area contributed by atoms with E-state index in [1.165, 1.54) is 0 Å². The van der Waals surface area contributed by atoms with Crippen LogP contribution >= 0.6 is 23.2 Å². The van der Waals surface area contributed by atoms with Crippen LogP contribution in [0, 0.1) is 0 Å². The lowest BCUT2D eigenvalue weighted by molar-refractivity contribution is -0.135. The number of imidazole rings is 1. The molecule has 0 aliphatic carbocycles. The van der Waals surface area contributed by atoms with E-state index in [1.807, 2.05) is 10.6 Å². The maximum Gasteiger partial charge on any atom is 0.249 e. The average Bonchev–Trinajstić information content (AvgIpc) is 2.77. The van der Waals surface area contributed by atoms with Crippen LogP contribution in [0.2, 0.25) is 5.02 Å². The van der Waals surface area contributed by atoms with Crippen LogP contribution in [0.15, 0.2) is 18.2 Å². The number of amides is 2. The van der Waals surface area contributed by atoms with Crippen LogP contribution < -0.4 is 5.32 Å². The number of rotatable bonds is 2. The number of hydrogen-bond acceptors (Lipinski definition) is 3. The van der Waals surface area contributed by atoms with Crippen molar-refractivity contribution in [2.45, 2.75) is 31.2 Å². The van der Waals surface area contributed by atoms with E-state index in [2.05, 4.69) is 10.3 Å². The molecule has 2 aromatic rings. The van der Waals surface area contributed by atoms with Gasteiger partial charge in [-0.3, -0.25) is 14.9 Å². The SMILES string of the molecule is CC(Cl)c1nc2cc(Cl)ccc2n1C1CCC(=O)NC1=O. The second kappa shape index (κ2) is 5.31. The number of carbonyl (C=O) groups is 2. The summed E-state index contributed by atoms with van der Waals surface area (Å²) in [5.74, 6) is 0.0340. The molecule has 1 fully saturated rings. The van der Waals surface area contributed by atoms with Crippen LogP contribution in [0.1, 0.15) is 37.0 Å². The third kappa shape index (κ3) is 2.51. The van der Waals surface area contributed by atoms with Gasteiger partial charge >= 0.3 is 0 Å². The minimum Gasteiger partial charge on any atom is -0.314 e. The number of halogens is 2. The number of aromatic nitrogens is 2. The molecule has 2 unspecified atom stereocenters. The molecule has 110 valence electrons. The molecule has 1 aliphatic heterocycles. The van der Waals surface area contributed by atoms with E-state index in [0.29, 0.717) is 29.2 Å². The number of imide groups is 1. The molecule has 1 aromatic carbocycles. The Hall–Kier alpha value is -1.59. The second-order valence-corrected chi connectivity index (χ2v) is 6.15.